The SMILES string of the molecule is Cc1csc2c(NCc3ccncc3)cnnc12. The van der Waals surface area contributed by atoms with Crippen LogP contribution in [0, 0.1) is 6.92 Å². The molecule has 4 nitrogen and oxygen atoms in total. The maximum Gasteiger partial charge on any atom is 0.109 e. The van der Waals surface area contributed by atoms with Gasteiger partial charge in [0.2, 0.25) is 0 Å². The first kappa shape index (κ1) is 11.1. The van der Waals surface area contributed by atoms with Crippen LogP contribution in [0.3, 0.4) is 0 Å². The number of anilines is 1. The Kier molecular flexibility index (Phi) is 2.90. The lowest BCUT2D eigenvalue weighted by atomic mass is 10.2. The van der Waals surface area contributed by atoms with E-state index in [4.69, 9.17) is 0 Å². The van der Waals surface area contributed by atoms with Crippen molar-refractivity contribution >= 4 is 27.2 Å². The van der Waals surface area contributed by atoms with Crippen LogP contribution in [0.4, 0.5) is 5.69 Å². The predicted molar refractivity (Wildman–Crippen MR) is 73.7 cm³/mol. The standard InChI is InChI=1S/C13H12N4S/c1-9-8-18-13-11(7-16-17-12(9)13)15-6-10-2-4-14-5-3-10/h2-5,7-8H,6H2,1H3,(H,15,17). The number of thiophene rings is 1. The molecular weight excluding hydrogens is 244 g/mol. The van der Waals surface area contributed by atoms with Gasteiger partial charge in [-0.2, -0.15) is 5.10 Å². The third-order valence-electron chi connectivity index (χ3n) is 2.76. The molecule has 0 aliphatic carbocycles. The summed E-state index contributed by atoms with van der Waals surface area (Å²) in [4.78, 5) is 4.01. The van der Waals surface area contributed by atoms with Gasteiger partial charge < -0.3 is 5.32 Å². The molecule has 3 aromatic rings. The number of fused-ring (bicyclic) bond motifs is 1. The molecule has 3 rings (SSSR count). The van der Waals surface area contributed by atoms with Gasteiger partial charge in [-0.05, 0) is 35.6 Å². The molecule has 18 heavy (non-hydrogen) atoms. The van der Waals surface area contributed by atoms with E-state index in [1.54, 1.807) is 29.9 Å². The van der Waals surface area contributed by atoms with Crippen molar-refractivity contribution in [1.82, 2.24) is 15.2 Å². The zero-order valence-corrected chi connectivity index (χ0v) is 10.7. The normalized spacial score (nSPS) is 10.7. The van der Waals surface area contributed by atoms with Crippen molar-refractivity contribution in [3.05, 3.63) is 47.2 Å². The number of pyridine rings is 1. The Morgan fingerprint density at radius 1 is 1.28 bits per heavy atom. The van der Waals surface area contributed by atoms with Crippen molar-refractivity contribution in [2.24, 2.45) is 0 Å². The Balaban J connectivity index is 1.87. The van der Waals surface area contributed by atoms with Crippen LogP contribution in [0.1, 0.15) is 11.1 Å². The van der Waals surface area contributed by atoms with Crippen molar-refractivity contribution in [3.8, 4) is 0 Å². The second-order valence-corrected chi connectivity index (χ2v) is 4.94. The van der Waals surface area contributed by atoms with E-state index in [1.807, 2.05) is 12.1 Å². The van der Waals surface area contributed by atoms with Crippen LogP contribution in [-0.4, -0.2) is 15.2 Å². The summed E-state index contributed by atoms with van der Waals surface area (Å²) in [5.74, 6) is 0. The number of aromatic nitrogens is 3. The zero-order valence-electron chi connectivity index (χ0n) is 9.92. The minimum Gasteiger partial charge on any atom is -0.378 e. The summed E-state index contributed by atoms with van der Waals surface area (Å²) in [6.07, 6.45) is 5.37. The van der Waals surface area contributed by atoms with E-state index in [2.05, 4.69) is 32.8 Å². The minimum absolute atomic E-state index is 0.764. The quantitative estimate of drug-likeness (QED) is 0.782. The first-order valence-electron chi connectivity index (χ1n) is 5.67. The molecule has 0 aliphatic heterocycles. The fourth-order valence-electron chi connectivity index (χ4n) is 1.78. The summed E-state index contributed by atoms with van der Waals surface area (Å²) in [6, 6.07) is 4.00. The van der Waals surface area contributed by atoms with Crippen molar-refractivity contribution in [1.29, 1.82) is 0 Å². The molecule has 0 bridgehead atoms. The summed E-state index contributed by atoms with van der Waals surface area (Å²) < 4.78 is 1.16. The third-order valence-corrected chi connectivity index (χ3v) is 3.88. The molecule has 0 fully saturated rings. The lowest BCUT2D eigenvalue weighted by Gasteiger charge is -2.06. The number of aryl methyl sites for hydroxylation is 1. The molecule has 3 aromatic heterocycles. The Morgan fingerprint density at radius 3 is 2.94 bits per heavy atom. The molecule has 0 radical (unpaired) electrons. The molecule has 0 aliphatic rings. The van der Waals surface area contributed by atoms with Crippen LogP contribution in [0.2, 0.25) is 0 Å². The van der Waals surface area contributed by atoms with Gasteiger partial charge in [-0.1, -0.05) is 0 Å². The van der Waals surface area contributed by atoms with Crippen LogP contribution in [0.5, 0.6) is 0 Å². The lowest BCUT2D eigenvalue weighted by Crippen LogP contribution is -2.00. The summed E-state index contributed by atoms with van der Waals surface area (Å²) >= 11 is 1.70. The second-order valence-electron chi connectivity index (χ2n) is 4.06. The summed E-state index contributed by atoms with van der Waals surface area (Å²) in [5.41, 5.74) is 4.40. The van der Waals surface area contributed by atoms with Crippen molar-refractivity contribution in [3.63, 3.8) is 0 Å². The largest absolute Gasteiger partial charge is 0.378 e. The fraction of sp³-hybridized carbons (Fsp3) is 0.154. The van der Waals surface area contributed by atoms with Gasteiger partial charge in [0, 0.05) is 18.9 Å². The molecule has 3 heterocycles. The monoisotopic (exact) mass is 256 g/mol. The van der Waals surface area contributed by atoms with Crippen LogP contribution >= 0.6 is 11.3 Å². The molecule has 0 aromatic carbocycles. The average Bonchev–Trinajstić information content (AvgIpc) is 2.80. The van der Waals surface area contributed by atoms with E-state index in [-0.39, 0.29) is 0 Å². The van der Waals surface area contributed by atoms with Crippen LogP contribution < -0.4 is 5.32 Å². The maximum absolute atomic E-state index is 4.17. The number of hydrogen-bond donors (Lipinski definition) is 1. The maximum atomic E-state index is 4.17. The highest BCUT2D eigenvalue weighted by molar-refractivity contribution is 7.18. The molecule has 90 valence electrons. The van der Waals surface area contributed by atoms with Crippen LogP contribution in [-0.2, 0) is 6.54 Å². The van der Waals surface area contributed by atoms with E-state index in [1.165, 1.54) is 11.1 Å². The molecule has 0 amide bonds. The van der Waals surface area contributed by atoms with Gasteiger partial charge in [-0.3, -0.25) is 4.98 Å². The highest BCUT2D eigenvalue weighted by atomic mass is 32.1. The summed E-state index contributed by atoms with van der Waals surface area (Å²) in [7, 11) is 0. The molecule has 0 unspecified atom stereocenters. The van der Waals surface area contributed by atoms with E-state index in [0.717, 1.165) is 22.4 Å². The van der Waals surface area contributed by atoms with E-state index in [0.29, 0.717) is 0 Å². The van der Waals surface area contributed by atoms with Gasteiger partial charge in [0.05, 0.1) is 16.6 Å². The molecule has 0 saturated heterocycles. The highest BCUT2D eigenvalue weighted by Gasteiger charge is 2.07. The van der Waals surface area contributed by atoms with E-state index < -0.39 is 0 Å². The van der Waals surface area contributed by atoms with Crippen LogP contribution in [0.25, 0.3) is 10.2 Å². The van der Waals surface area contributed by atoms with Gasteiger partial charge in [-0.15, -0.1) is 16.4 Å². The Labute approximate surface area is 109 Å². The van der Waals surface area contributed by atoms with Gasteiger partial charge >= 0.3 is 0 Å². The number of rotatable bonds is 3. The predicted octanol–water partition coefficient (Wildman–Crippen LogP) is 3.01. The molecular formula is C13H12N4S. The lowest BCUT2D eigenvalue weighted by molar-refractivity contribution is 1.06. The van der Waals surface area contributed by atoms with Gasteiger partial charge in [0.25, 0.3) is 0 Å². The third kappa shape index (κ3) is 2.04. The summed E-state index contributed by atoms with van der Waals surface area (Å²) in [5, 5.41) is 13.7. The Morgan fingerprint density at radius 2 is 2.11 bits per heavy atom. The number of nitrogens with zero attached hydrogens (tertiary/aromatic N) is 3. The Hall–Kier alpha value is -2.01. The average molecular weight is 256 g/mol. The van der Waals surface area contributed by atoms with Gasteiger partial charge in [0.15, 0.2) is 0 Å². The number of nitrogens with one attached hydrogen (secondary N) is 1. The van der Waals surface area contributed by atoms with Gasteiger partial charge in [0.1, 0.15) is 5.52 Å². The van der Waals surface area contributed by atoms with Crippen LogP contribution in [0.15, 0.2) is 36.1 Å². The molecule has 0 saturated carbocycles. The highest BCUT2D eigenvalue weighted by Crippen LogP contribution is 2.29. The molecule has 1 N–H and O–H groups in total. The van der Waals surface area contributed by atoms with Crippen molar-refractivity contribution < 1.29 is 0 Å². The van der Waals surface area contributed by atoms with E-state index >= 15 is 0 Å². The van der Waals surface area contributed by atoms with Gasteiger partial charge in [-0.25, -0.2) is 0 Å². The number of hydrogen-bond acceptors (Lipinski definition) is 5. The van der Waals surface area contributed by atoms with Crippen molar-refractivity contribution in [2.45, 2.75) is 13.5 Å². The van der Waals surface area contributed by atoms with E-state index in [9.17, 15) is 0 Å². The first-order chi connectivity index (χ1) is 8.84. The molecule has 5 heteroatoms. The molecule has 0 atom stereocenters. The Bertz CT molecular complexity index is 663. The second kappa shape index (κ2) is 4.70. The fourth-order valence-corrected chi connectivity index (χ4v) is 2.75. The minimum atomic E-state index is 0.764. The summed E-state index contributed by atoms with van der Waals surface area (Å²) in [6.45, 7) is 2.82. The smallest absolute Gasteiger partial charge is 0.109 e. The first-order valence-corrected chi connectivity index (χ1v) is 6.55. The topological polar surface area (TPSA) is 50.7 Å². The zero-order chi connectivity index (χ0) is 12.4. The molecule has 0 spiro atoms. The van der Waals surface area contributed by atoms with Crippen molar-refractivity contribution in [2.75, 3.05) is 5.32 Å².